The number of nitrogens with zero attached hydrogens (tertiary/aromatic N) is 2. The second-order valence-electron chi connectivity index (χ2n) is 4.66. The Hall–Kier alpha value is -2.28. The maximum atomic E-state index is 12.2. The first kappa shape index (κ1) is 14.1. The Morgan fingerprint density at radius 1 is 1.10 bits per heavy atom. The van der Waals surface area contributed by atoms with Gasteiger partial charge in [-0.1, -0.05) is 0 Å². The van der Waals surface area contributed by atoms with Crippen LogP contribution < -0.4 is 0 Å². The van der Waals surface area contributed by atoms with Gasteiger partial charge < -0.3 is 20.2 Å². The monoisotopic (exact) mass is 280 g/mol. The average Bonchev–Trinajstić information content (AvgIpc) is 2.41. The fourth-order valence-corrected chi connectivity index (χ4v) is 2.17. The van der Waals surface area contributed by atoms with E-state index in [-0.39, 0.29) is 29.5 Å². The summed E-state index contributed by atoms with van der Waals surface area (Å²) in [4.78, 5) is 26.1. The highest BCUT2D eigenvalue weighted by Crippen LogP contribution is 2.23. The Balaban J connectivity index is 2.01. The zero-order valence-electron chi connectivity index (χ0n) is 10.8. The molecule has 0 saturated carbocycles. The van der Waals surface area contributed by atoms with Crippen molar-refractivity contribution in [3.63, 3.8) is 0 Å². The molecule has 1 aromatic rings. The SMILES string of the molecule is O=C(O)CN1CCN(C(=O)c2cc(O)ccc2O)CC1. The molecule has 1 saturated heterocycles. The lowest BCUT2D eigenvalue weighted by Crippen LogP contribution is -2.49. The fourth-order valence-electron chi connectivity index (χ4n) is 2.17. The molecule has 0 unspecified atom stereocenters. The summed E-state index contributed by atoms with van der Waals surface area (Å²) in [6, 6.07) is 3.79. The van der Waals surface area contributed by atoms with Crippen LogP contribution in [0.4, 0.5) is 0 Å². The van der Waals surface area contributed by atoms with Gasteiger partial charge in [-0.25, -0.2) is 0 Å². The maximum absolute atomic E-state index is 12.2. The van der Waals surface area contributed by atoms with Crippen molar-refractivity contribution in [2.45, 2.75) is 0 Å². The van der Waals surface area contributed by atoms with Crippen LogP contribution in [-0.4, -0.2) is 69.7 Å². The van der Waals surface area contributed by atoms with Crippen molar-refractivity contribution in [1.29, 1.82) is 0 Å². The number of carbonyl (C=O) groups is 2. The molecule has 0 aromatic heterocycles. The summed E-state index contributed by atoms with van der Waals surface area (Å²) in [7, 11) is 0. The topological polar surface area (TPSA) is 101 Å². The van der Waals surface area contributed by atoms with Crippen molar-refractivity contribution in [2.75, 3.05) is 32.7 Å². The molecular formula is C13H16N2O5. The van der Waals surface area contributed by atoms with Gasteiger partial charge in [-0.3, -0.25) is 14.5 Å². The number of hydrogen-bond donors (Lipinski definition) is 3. The first-order chi connectivity index (χ1) is 9.47. The largest absolute Gasteiger partial charge is 0.508 e. The molecule has 3 N–H and O–H groups in total. The van der Waals surface area contributed by atoms with E-state index >= 15 is 0 Å². The highest BCUT2D eigenvalue weighted by Gasteiger charge is 2.24. The molecule has 0 aliphatic carbocycles. The summed E-state index contributed by atoms with van der Waals surface area (Å²) in [5.41, 5.74) is 0.0525. The lowest BCUT2D eigenvalue weighted by Gasteiger charge is -2.33. The number of hydrogen-bond acceptors (Lipinski definition) is 5. The molecule has 7 nitrogen and oxygen atoms in total. The van der Waals surface area contributed by atoms with E-state index in [0.717, 1.165) is 0 Å². The minimum atomic E-state index is -0.893. The summed E-state index contributed by atoms with van der Waals surface area (Å²) in [5.74, 6) is -1.53. The molecule has 1 aliphatic rings. The molecule has 1 aliphatic heterocycles. The Morgan fingerprint density at radius 3 is 2.35 bits per heavy atom. The molecule has 2 rings (SSSR count). The summed E-state index contributed by atoms with van der Waals surface area (Å²) < 4.78 is 0. The van der Waals surface area contributed by atoms with Crippen molar-refractivity contribution in [1.82, 2.24) is 9.80 Å². The third kappa shape index (κ3) is 3.18. The van der Waals surface area contributed by atoms with Gasteiger partial charge in [0.2, 0.25) is 0 Å². The van der Waals surface area contributed by atoms with Crippen LogP contribution >= 0.6 is 0 Å². The van der Waals surface area contributed by atoms with Crippen molar-refractivity contribution in [3.8, 4) is 11.5 Å². The third-order valence-corrected chi connectivity index (χ3v) is 3.23. The maximum Gasteiger partial charge on any atom is 0.317 e. The highest BCUT2D eigenvalue weighted by molar-refractivity contribution is 5.97. The van der Waals surface area contributed by atoms with E-state index in [1.807, 2.05) is 0 Å². The van der Waals surface area contributed by atoms with Gasteiger partial charge in [0.05, 0.1) is 12.1 Å². The van der Waals surface area contributed by atoms with E-state index in [1.165, 1.54) is 23.1 Å². The van der Waals surface area contributed by atoms with Crippen LogP contribution in [0.15, 0.2) is 18.2 Å². The molecule has 20 heavy (non-hydrogen) atoms. The second-order valence-corrected chi connectivity index (χ2v) is 4.66. The molecule has 0 atom stereocenters. The Bertz CT molecular complexity index is 523. The van der Waals surface area contributed by atoms with Crippen LogP contribution in [0, 0.1) is 0 Å². The zero-order chi connectivity index (χ0) is 14.7. The number of carboxylic acids is 1. The summed E-state index contributed by atoms with van der Waals surface area (Å²) >= 11 is 0. The van der Waals surface area contributed by atoms with E-state index in [2.05, 4.69) is 0 Å². The van der Waals surface area contributed by atoms with Crippen LogP contribution in [0.25, 0.3) is 0 Å². The quantitative estimate of drug-likeness (QED) is 0.671. The third-order valence-electron chi connectivity index (χ3n) is 3.23. The van der Waals surface area contributed by atoms with Crippen molar-refractivity contribution >= 4 is 11.9 Å². The van der Waals surface area contributed by atoms with Gasteiger partial charge in [0.15, 0.2) is 0 Å². The number of piperazine rings is 1. The van der Waals surface area contributed by atoms with Gasteiger partial charge >= 0.3 is 5.97 Å². The standard InChI is InChI=1S/C13H16N2O5/c16-9-1-2-11(17)10(7-9)13(20)15-5-3-14(4-6-15)8-12(18)19/h1-2,7,16-17H,3-6,8H2,(H,18,19). The predicted molar refractivity (Wildman–Crippen MR) is 69.8 cm³/mol. The summed E-state index contributed by atoms with van der Waals surface area (Å²) in [6.45, 7) is 1.68. The fraction of sp³-hybridized carbons (Fsp3) is 0.385. The highest BCUT2D eigenvalue weighted by atomic mass is 16.4. The number of carboxylic acid groups (broad SMARTS) is 1. The molecule has 108 valence electrons. The van der Waals surface area contributed by atoms with Crippen LogP contribution in [-0.2, 0) is 4.79 Å². The predicted octanol–water partition coefficient (Wildman–Crippen LogP) is -0.0598. The summed E-state index contributed by atoms with van der Waals surface area (Å²) in [6.07, 6.45) is 0. The minimum absolute atomic E-state index is 0.0423. The van der Waals surface area contributed by atoms with Gasteiger partial charge in [0.1, 0.15) is 11.5 Å². The molecule has 7 heteroatoms. The molecule has 1 aromatic carbocycles. The van der Waals surface area contributed by atoms with E-state index in [4.69, 9.17) is 5.11 Å². The number of phenols is 2. The van der Waals surface area contributed by atoms with Gasteiger partial charge in [-0.05, 0) is 18.2 Å². The lowest BCUT2D eigenvalue weighted by molar-refractivity contribution is -0.138. The molecule has 0 radical (unpaired) electrons. The minimum Gasteiger partial charge on any atom is -0.508 e. The molecule has 1 fully saturated rings. The van der Waals surface area contributed by atoms with Gasteiger partial charge in [-0.15, -0.1) is 0 Å². The van der Waals surface area contributed by atoms with Crippen molar-refractivity contribution < 1.29 is 24.9 Å². The van der Waals surface area contributed by atoms with Crippen molar-refractivity contribution in [3.05, 3.63) is 23.8 Å². The molecule has 1 heterocycles. The second kappa shape index (κ2) is 5.79. The van der Waals surface area contributed by atoms with Gasteiger partial charge in [0, 0.05) is 26.2 Å². The summed E-state index contributed by atoms with van der Waals surface area (Å²) in [5, 5.41) is 27.7. The Morgan fingerprint density at radius 2 is 1.75 bits per heavy atom. The number of aromatic hydroxyl groups is 2. The number of amides is 1. The first-order valence-electron chi connectivity index (χ1n) is 6.23. The normalized spacial score (nSPS) is 16.1. The number of rotatable bonds is 3. The number of carbonyl (C=O) groups excluding carboxylic acids is 1. The number of phenolic OH excluding ortho intramolecular Hbond substituents is 2. The van der Waals surface area contributed by atoms with Crippen LogP contribution in [0.3, 0.4) is 0 Å². The van der Waals surface area contributed by atoms with Crippen LogP contribution in [0.1, 0.15) is 10.4 Å². The Labute approximate surface area is 115 Å². The smallest absolute Gasteiger partial charge is 0.317 e. The van der Waals surface area contributed by atoms with Gasteiger partial charge in [0.25, 0.3) is 5.91 Å². The van der Waals surface area contributed by atoms with Crippen LogP contribution in [0.5, 0.6) is 11.5 Å². The lowest BCUT2D eigenvalue weighted by atomic mass is 10.1. The molecule has 1 amide bonds. The van der Waals surface area contributed by atoms with Gasteiger partial charge in [-0.2, -0.15) is 0 Å². The Kier molecular flexibility index (Phi) is 4.09. The van der Waals surface area contributed by atoms with E-state index in [9.17, 15) is 19.8 Å². The molecule has 0 bridgehead atoms. The average molecular weight is 280 g/mol. The van der Waals surface area contributed by atoms with E-state index < -0.39 is 5.97 Å². The molecule has 0 spiro atoms. The van der Waals surface area contributed by atoms with E-state index in [0.29, 0.717) is 26.2 Å². The van der Waals surface area contributed by atoms with Crippen LogP contribution in [0.2, 0.25) is 0 Å². The van der Waals surface area contributed by atoms with E-state index in [1.54, 1.807) is 4.90 Å². The van der Waals surface area contributed by atoms with Crippen molar-refractivity contribution in [2.24, 2.45) is 0 Å². The number of benzene rings is 1. The number of aliphatic carboxylic acids is 1. The molecular weight excluding hydrogens is 264 g/mol. The zero-order valence-corrected chi connectivity index (χ0v) is 10.8. The first-order valence-corrected chi connectivity index (χ1v) is 6.23.